The Morgan fingerprint density at radius 2 is 1.46 bits per heavy atom. The molecule has 0 aromatic heterocycles. The number of carbonyl (C=O) groups excluding carboxylic acids is 3. The summed E-state index contributed by atoms with van der Waals surface area (Å²) in [7, 11) is 0. The predicted octanol–water partition coefficient (Wildman–Crippen LogP) is 3.38. The van der Waals surface area contributed by atoms with E-state index in [1.807, 2.05) is 6.07 Å². The fourth-order valence-corrected chi connectivity index (χ4v) is 4.49. The number of alkyl carbamates (subject to hydrolysis) is 1. The number of ether oxygens (including phenoxy) is 1. The lowest BCUT2D eigenvalue weighted by atomic mass is 9.88. The lowest BCUT2D eigenvalue weighted by Crippen LogP contribution is -2.58. The van der Waals surface area contributed by atoms with Crippen molar-refractivity contribution in [2.45, 2.75) is 64.3 Å². The SMILES string of the molecule is C[C@H](NC(=O)C1CCCCC1)NC(=O)[C@@H](NC(=O)OCc1ccccc1)C(Cc1ccccc1)C(=O)O. The molecule has 0 spiro atoms. The second-order valence-corrected chi connectivity index (χ2v) is 9.39. The minimum atomic E-state index is -1.44. The van der Waals surface area contributed by atoms with Gasteiger partial charge in [-0.2, -0.15) is 0 Å². The van der Waals surface area contributed by atoms with Gasteiger partial charge in [-0.1, -0.05) is 79.9 Å². The highest BCUT2D eigenvalue weighted by molar-refractivity contribution is 5.91. The molecule has 0 radical (unpaired) electrons. The third-order valence-corrected chi connectivity index (χ3v) is 6.48. The zero-order valence-corrected chi connectivity index (χ0v) is 21.0. The first-order chi connectivity index (χ1) is 17.8. The average molecular weight is 510 g/mol. The van der Waals surface area contributed by atoms with Gasteiger partial charge in [-0.05, 0) is 37.3 Å². The maximum absolute atomic E-state index is 13.3. The maximum Gasteiger partial charge on any atom is 0.408 e. The summed E-state index contributed by atoms with van der Waals surface area (Å²) in [6.45, 7) is 1.57. The number of carboxylic acid groups (broad SMARTS) is 1. The van der Waals surface area contributed by atoms with Crippen LogP contribution in [-0.4, -0.2) is 41.2 Å². The normalized spacial score (nSPS) is 16.0. The molecule has 198 valence electrons. The van der Waals surface area contributed by atoms with Crippen molar-refractivity contribution in [2.24, 2.45) is 11.8 Å². The van der Waals surface area contributed by atoms with Crippen LogP contribution in [-0.2, 0) is 32.1 Å². The first-order valence-corrected chi connectivity index (χ1v) is 12.7. The lowest BCUT2D eigenvalue weighted by Gasteiger charge is -2.27. The number of aliphatic carboxylic acids is 1. The number of carbonyl (C=O) groups is 4. The van der Waals surface area contributed by atoms with Crippen LogP contribution in [0.15, 0.2) is 60.7 Å². The van der Waals surface area contributed by atoms with Gasteiger partial charge in [0.05, 0.1) is 12.1 Å². The molecule has 2 aromatic carbocycles. The number of amides is 3. The molecule has 0 heterocycles. The Kier molecular flexibility index (Phi) is 10.5. The highest BCUT2D eigenvalue weighted by atomic mass is 16.5. The van der Waals surface area contributed by atoms with Crippen LogP contribution >= 0.6 is 0 Å². The monoisotopic (exact) mass is 509 g/mol. The van der Waals surface area contributed by atoms with Crippen molar-refractivity contribution >= 4 is 23.9 Å². The summed E-state index contributed by atoms with van der Waals surface area (Å²) in [5.41, 5.74) is 1.45. The summed E-state index contributed by atoms with van der Waals surface area (Å²) < 4.78 is 5.25. The molecule has 1 fully saturated rings. The van der Waals surface area contributed by atoms with E-state index in [-0.39, 0.29) is 24.9 Å². The standard InChI is InChI=1S/C28H35N3O6/c1-19(29-25(32)22-15-9-4-10-16-22)30-26(33)24(23(27(34)35)17-20-11-5-2-6-12-20)31-28(36)37-18-21-13-7-3-8-14-21/h2-3,5-8,11-14,19,22-24H,4,9-10,15-18H2,1H3,(H,29,32)(H,30,33)(H,31,36)(H,34,35)/t19-,23?,24+/m1/s1. The average Bonchev–Trinajstić information content (AvgIpc) is 2.90. The van der Waals surface area contributed by atoms with Crippen LogP contribution < -0.4 is 16.0 Å². The molecule has 3 amide bonds. The Bertz CT molecular complexity index is 1040. The first-order valence-electron chi connectivity index (χ1n) is 12.7. The van der Waals surface area contributed by atoms with E-state index in [0.29, 0.717) is 5.56 Å². The molecule has 1 saturated carbocycles. The van der Waals surface area contributed by atoms with E-state index < -0.39 is 36.1 Å². The molecule has 0 aliphatic heterocycles. The zero-order valence-electron chi connectivity index (χ0n) is 21.0. The highest BCUT2D eigenvalue weighted by Gasteiger charge is 2.36. The minimum absolute atomic E-state index is 0.00996. The third kappa shape index (κ3) is 8.93. The second kappa shape index (κ2) is 14.0. The quantitative estimate of drug-likeness (QED) is 0.343. The molecule has 1 aliphatic rings. The summed E-state index contributed by atoms with van der Waals surface area (Å²) in [6.07, 6.45) is 3.06. The van der Waals surface area contributed by atoms with Gasteiger partial charge in [0.15, 0.2) is 0 Å². The van der Waals surface area contributed by atoms with Crippen LogP contribution in [0.2, 0.25) is 0 Å². The molecular weight excluding hydrogens is 474 g/mol. The summed E-state index contributed by atoms with van der Waals surface area (Å²) in [4.78, 5) is 50.7. The first kappa shape index (κ1) is 27.7. The van der Waals surface area contributed by atoms with Gasteiger partial charge in [-0.15, -0.1) is 0 Å². The van der Waals surface area contributed by atoms with Gasteiger partial charge in [0, 0.05) is 5.92 Å². The number of hydrogen-bond acceptors (Lipinski definition) is 5. The number of benzene rings is 2. The smallest absolute Gasteiger partial charge is 0.408 e. The molecule has 2 aromatic rings. The Morgan fingerprint density at radius 3 is 2.05 bits per heavy atom. The van der Waals surface area contributed by atoms with E-state index >= 15 is 0 Å². The molecule has 9 heteroatoms. The van der Waals surface area contributed by atoms with Gasteiger partial charge in [0.1, 0.15) is 12.6 Å². The molecule has 3 atom stereocenters. The molecule has 0 bridgehead atoms. The third-order valence-electron chi connectivity index (χ3n) is 6.48. The lowest BCUT2D eigenvalue weighted by molar-refractivity contribution is -0.145. The summed E-state index contributed by atoms with van der Waals surface area (Å²) in [6, 6.07) is 16.4. The molecule has 1 unspecified atom stereocenters. The number of hydrogen-bond donors (Lipinski definition) is 4. The van der Waals surface area contributed by atoms with Crippen molar-refractivity contribution in [3.8, 4) is 0 Å². The molecule has 0 saturated heterocycles. The van der Waals surface area contributed by atoms with E-state index in [9.17, 15) is 24.3 Å². The van der Waals surface area contributed by atoms with E-state index in [1.54, 1.807) is 61.5 Å². The summed E-state index contributed by atoms with van der Waals surface area (Å²) in [5.74, 6) is -3.48. The van der Waals surface area contributed by atoms with Crippen LogP contribution in [0.25, 0.3) is 0 Å². The van der Waals surface area contributed by atoms with Crippen LogP contribution in [0.4, 0.5) is 4.79 Å². The molecule has 9 nitrogen and oxygen atoms in total. The summed E-state index contributed by atoms with van der Waals surface area (Å²) >= 11 is 0. The van der Waals surface area contributed by atoms with Crippen molar-refractivity contribution in [3.05, 3.63) is 71.8 Å². The second-order valence-electron chi connectivity index (χ2n) is 9.39. The Balaban J connectivity index is 1.69. The van der Waals surface area contributed by atoms with Gasteiger partial charge in [0.25, 0.3) is 0 Å². The predicted molar refractivity (Wildman–Crippen MR) is 137 cm³/mol. The van der Waals surface area contributed by atoms with Gasteiger partial charge in [0.2, 0.25) is 11.8 Å². The van der Waals surface area contributed by atoms with E-state index in [2.05, 4.69) is 16.0 Å². The van der Waals surface area contributed by atoms with Crippen molar-refractivity contribution in [1.82, 2.24) is 16.0 Å². The van der Waals surface area contributed by atoms with E-state index in [0.717, 1.165) is 37.7 Å². The largest absolute Gasteiger partial charge is 0.481 e. The van der Waals surface area contributed by atoms with Crippen molar-refractivity contribution in [3.63, 3.8) is 0 Å². The number of carboxylic acids is 1. The number of nitrogens with one attached hydrogen (secondary N) is 3. The Hall–Kier alpha value is -3.88. The van der Waals surface area contributed by atoms with Gasteiger partial charge >= 0.3 is 12.1 Å². The van der Waals surface area contributed by atoms with Gasteiger partial charge < -0.3 is 25.8 Å². The van der Waals surface area contributed by atoms with E-state index in [1.165, 1.54) is 0 Å². The van der Waals surface area contributed by atoms with Crippen LogP contribution in [0.1, 0.15) is 50.2 Å². The van der Waals surface area contributed by atoms with E-state index in [4.69, 9.17) is 4.74 Å². The summed E-state index contributed by atoms with van der Waals surface area (Å²) in [5, 5.41) is 17.9. The van der Waals surface area contributed by atoms with Crippen molar-refractivity contribution < 1.29 is 29.0 Å². The Labute approximate surface area is 217 Å². The fourth-order valence-electron chi connectivity index (χ4n) is 4.49. The van der Waals surface area contributed by atoms with Crippen LogP contribution in [0.3, 0.4) is 0 Å². The minimum Gasteiger partial charge on any atom is -0.481 e. The topological polar surface area (TPSA) is 134 Å². The highest BCUT2D eigenvalue weighted by Crippen LogP contribution is 2.23. The zero-order chi connectivity index (χ0) is 26.6. The fraction of sp³-hybridized carbons (Fsp3) is 0.429. The molecule has 37 heavy (non-hydrogen) atoms. The number of rotatable bonds is 11. The van der Waals surface area contributed by atoms with Crippen molar-refractivity contribution in [2.75, 3.05) is 0 Å². The van der Waals surface area contributed by atoms with Gasteiger partial charge in [-0.25, -0.2) is 4.79 Å². The van der Waals surface area contributed by atoms with Crippen LogP contribution in [0.5, 0.6) is 0 Å². The molecular formula is C28H35N3O6. The molecule has 3 rings (SSSR count). The van der Waals surface area contributed by atoms with Crippen molar-refractivity contribution in [1.29, 1.82) is 0 Å². The molecule has 1 aliphatic carbocycles. The molecule has 4 N–H and O–H groups in total. The maximum atomic E-state index is 13.3. The van der Waals surface area contributed by atoms with Crippen LogP contribution in [0, 0.1) is 11.8 Å². The Morgan fingerprint density at radius 1 is 0.865 bits per heavy atom. The van der Waals surface area contributed by atoms with Gasteiger partial charge in [-0.3, -0.25) is 14.4 Å².